The van der Waals surface area contributed by atoms with Crippen molar-refractivity contribution in [3.05, 3.63) is 12.2 Å². The van der Waals surface area contributed by atoms with Crippen LogP contribution in [0.5, 0.6) is 0 Å². The minimum atomic E-state index is -0.427. The van der Waals surface area contributed by atoms with E-state index in [9.17, 15) is 5.11 Å². The Morgan fingerprint density at radius 3 is 2.95 bits per heavy atom. The van der Waals surface area contributed by atoms with Gasteiger partial charge in [-0.25, -0.2) is 0 Å². The fourth-order valence-electron chi connectivity index (χ4n) is 2.20. The van der Waals surface area contributed by atoms with Crippen molar-refractivity contribution >= 4 is 0 Å². The van der Waals surface area contributed by atoms with E-state index in [-0.39, 0.29) is 0 Å². The lowest BCUT2D eigenvalue weighted by molar-refractivity contribution is 0.0130. The van der Waals surface area contributed by atoms with Crippen LogP contribution in [-0.4, -0.2) is 37.5 Å². The summed E-state index contributed by atoms with van der Waals surface area (Å²) in [6.45, 7) is 6.67. The molecule has 19 heavy (non-hydrogen) atoms. The molecule has 0 aromatic heterocycles. The van der Waals surface area contributed by atoms with E-state index in [0.29, 0.717) is 25.0 Å². The number of ether oxygens (including phenoxy) is 1. The molecule has 0 saturated carbocycles. The molecule has 0 amide bonds. The van der Waals surface area contributed by atoms with Gasteiger partial charge in [-0.3, -0.25) is 0 Å². The average Bonchev–Trinajstić information content (AvgIpc) is 2.41. The van der Waals surface area contributed by atoms with Gasteiger partial charge >= 0.3 is 0 Å². The molecule has 3 nitrogen and oxygen atoms in total. The van der Waals surface area contributed by atoms with Crippen LogP contribution in [0.15, 0.2) is 12.2 Å². The second kappa shape index (κ2) is 10.0. The molecule has 1 aliphatic rings. The predicted octanol–water partition coefficient (Wildman–Crippen LogP) is 1.97. The molecule has 3 atom stereocenters. The molecule has 0 bridgehead atoms. The van der Waals surface area contributed by atoms with Gasteiger partial charge in [-0.1, -0.05) is 19.1 Å². The molecule has 3 unspecified atom stereocenters. The van der Waals surface area contributed by atoms with Crippen LogP contribution in [0.25, 0.3) is 0 Å². The molecule has 0 spiro atoms. The van der Waals surface area contributed by atoms with Crippen molar-refractivity contribution in [1.29, 1.82) is 0 Å². The monoisotopic (exact) mass is 265 g/mol. The number of rotatable bonds is 8. The molecule has 0 aromatic carbocycles. The van der Waals surface area contributed by atoms with Crippen LogP contribution in [-0.2, 0) is 4.74 Å². The van der Waals surface area contributed by atoms with Gasteiger partial charge in [0, 0.05) is 19.5 Å². The molecular weight excluding hydrogens is 238 g/mol. The lowest BCUT2D eigenvalue weighted by Crippen LogP contribution is -2.32. The summed E-state index contributed by atoms with van der Waals surface area (Å²) in [5.74, 6) is 7.12. The third-order valence-corrected chi connectivity index (χ3v) is 3.54. The second-order valence-corrected chi connectivity index (χ2v) is 5.25. The Bertz CT molecular complexity index is 316. The number of aliphatic hydroxyl groups excluding tert-OH is 1. The SMILES string of the molecule is CC#CCCNCC(O)COCC1CC=CCC1C. The average molecular weight is 265 g/mol. The summed E-state index contributed by atoms with van der Waals surface area (Å²) in [5.41, 5.74) is 0. The van der Waals surface area contributed by atoms with Gasteiger partial charge in [0.25, 0.3) is 0 Å². The molecule has 0 saturated heterocycles. The van der Waals surface area contributed by atoms with E-state index in [4.69, 9.17) is 4.74 Å². The van der Waals surface area contributed by atoms with Crippen molar-refractivity contribution in [3.63, 3.8) is 0 Å². The maximum absolute atomic E-state index is 9.76. The summed E-state index contributed by atoms with van der Waals surface area (Å²) in [5, 5.41) is 12.9. The maximum atomic E-state index is 9.76. The third-order valence-electron chi connectivity index (χ3n) is 3.54. The van der Waals surface area contributed by atoms with Crippen molar-refractivity contribution in [2.75, 3.05) is 26.3 Å². The zero-order valence-electron chi connectivity index (χ0n) is 12.2. The van der Waals surface area contributed by atoms with Gasteiger partial charge in [0.05, 0.1) is 19.3 Å². The standard InChI is InChI=1S/C16H27NO2/c1-3-4-7-10-17-11-16(18)13-19-12-15-9-6-5-8-14(15)2/h5-6,14-18H,7-13H2,1-2H3. The lowest BCUT2D eigenvalue weighted by Gasteiger charge is -2.25. The van der Waals surface area contributed by atoms with Crippen molar-refractivity contribution in [3.8, 4) is 11.8 Å². The Morgan fingerprint density at radius 1 is 1.42 bits per heavy atom. The first-order valence-corrected chi connectivity index (χ1v) is 7.25. The first-order chi connectivity index (χ1) is 9.24. The quantitative estimate of drug-likeness (QED) is 0.400. The molecule has 0 aliphatic heterocycles. The summed E-state index contributed by atoms with van der Waals surface area (Å²) in [7, 11) is 0. The molecule has 3 heteroatoms. The van der Waals surface area contributed by atoms with Gasteiger partial charge in [-0.05, 0) is 31.6 Å². The predicted molar refractivity (Wildman–Crippen MR) is 78.8 cm³/mol. The summed E-state index contributed by atoms with van der Waals surface area (Å²) in [4.78, 5) is 0. The van der Waals surface area contributed by atoms with E-state index in [1.54, 1.807) is 0 Å². The molecule has 1 aliphatic carbocycles. The van der Waals surface area contributed by atoms with Crippen LogP contribution in [0, 0.1) is 23.7 Å². The van der Waals surface area contributed by atoms with E-state index < -0.39 is 6.10 Å². The van der Waals surface area contributed by atoms with E-state index in [2.05, 4.69) is 36.2 Å². The Morgan fingerprint density at radius 2 is 2.21 bits per heavy atom. The Kier molecular flexibility index (Phi) is 8.57. The zero-order valence-corrected chi connectivity index (χ0v) is 12.2. The molecule has 0 radical (unpaired) electrons. The van der Waals surface area contributed by atoms with Gasteiger partial charge in [0.15, 0.2) is 0 Å². The zero-order chi connectivity index (χ0) is 13.9. The molecular formula is C16H27NO2. The number of nitrogens with one attached hydrogen (secondary N) is 1. The van der Waals surface area contributed by atoms with E-state index >= 15 is 0 Å². The molecule has 1 rings (SSSR count). The smallest absolute Gasteiger partial charge is 0.0897 e. The van der Waals surface area contributed by atoms with Crippen molar-refractivity contribution < 1.29 is 9.84 Å². The number of hydrogen-bond acceptors (Lipinski definition) is 3. The number of hydrogen-bond donors (Lipinski definition) is 2. The summed E-state index contributed by atoms with van der Waals surface area (Å²) >= 11 is 0. The van der Waals surface area contributed by atoms with Gasteiger partial charge in [0.1, 0.15) is 0 Å². The highest BCUT2D eigenvalue weighted by Crippen LogP contribution is 2.24. The summed E-state index contributed by atoms with van der Waals surface area (Å²) in [6.07, 6.45) is 7.14. The van der Waals surface area contributed by atoms with Crippen LogP contribution in [0.1, 0.15) is 33.1 Å². The summed E-state index contributed by atoms with van der Waals surface area (Å²) in [6, 6.07) is 0. The molecule has 0 aromatic rings. The number of aliphatic hydroxyl groups is 1. The lowest BCUT2D eigenvalue weighted by atomic mass is 9.85. The largest absolute Gasteiger partial charge is 0.389 e. The highest BCUT2D eigenvalue weighted by Gasteiger charge is 2.18. The minimum Gasteiger partial charge on any atom is -0.389 e. The molecule has 0 fully saturated rings. The van der Waals surface area contributed by atoms with Gasteiger partial charge in [0.2, 0.25) is 0 Å². The van der Waals surface area contributed by atoms with Gasteiger partial charge < -0.3 is 15.2 Å². The first kappa shape index (κ1) is 16.2. The Labute approximate surface area is 117 Å². The fraction of sp³-hybridized carbons (Fsp3) is 0.750. The molecule has 0 heterocycles. The Hall–Kier alpha value is -0.820. The first-order valence-electron chi connectivity index (χ1n) is 7.25. The number of allylic oxidation sites excluding steroid dienone is 2. The van der Waals surface area contributed by atoms with E-state index in [1.807, 2.05) is 6.92 Å². The topological polar surface area (TPSA) is 41.5 Å². The molecule has 2 N–H and O–H groups in total. The van der Waals surface area contributed by atoms with Crippen LogP contribution >= 0.6 is 0 Å². The van der Waals surface area contributed by atoms with E-state index in [0.717, 1.165) is 32.4 Å². The van der Waals surface area contributed by atoms with Crippen LogP contribution in [0.3, 0.4) is 0 Å². The van der Waals surface area contributed by atoms with Crippen LogP contribution < -0.4 is 5.32 Å². The fourth-order valence-corrected chi connectivity index (χ4v) is 2.20. The van der Waals surface area contributed by atoms with Crippen molar-refractivity contribution in [2.24, 2.45) is 11.8 Å². The van der Waals surface area contributed by atoms with Crippen molar-refractivity contribution in [1.82, 2.24) is 5.32 Å². The van der Waals surface area contributed by atoms with Crippen molar-refractivity contribution in [2.45, 2.75) is 39.2 Å². The van der Waals surface area contributed by atoms with Gasteiger partial charge in [-0.15, -0.1) is 11.8 Å². The normalized spacial score (nSPS) is 23.7. The second-order valence-electron chi connectivity index (χ2n) is 5.25. The van der Waals surface area contributed by atoms with E-state index in [1.165, 1.54) is 0 Å². The maximum Gasteiger partial charge on any atom is 0.0897 e. The van der Waals surface area contributed by atoms with Gasteiger partial charge in [-0.2, -0.15) is 0 Å². The highest BCUT2D eigenvalue weighted by molar-refractivity contribution is 4.95. The Balaban J connectivity index is 2.01. The molecule has 108 valence electrons. The van der Waals surface area contributed by atoms with Crippen LogP contribution in [0.2, 0.25) is 0 Å². The van der Waals surface area contributed by atoms with Crippen LogP contribution in [0.4, 0.5) is 0 Å². The third kappa shape index (κ3) is 7.37. The summed E-state index contributed by atoms with van der Waals surface area (Å²) < 4.78 is 5.63. The minimum absolute atomic E-state index is 0.416. The highest BCUT2D eigenvalue weighted by atomic mass is 16.5.